The number of nitrogens with one attached hydrogen (secondary N) is 1. The summed E-state index contributed by atoms with van der Waals surface area (Å²) in [7, 11) is 0. The summed E-state index contributed by atoms with van der Waals surface area (Å²) in [6.45, 7) is 0.239. The number of hydrogen-bond acceptors (Lipinski definition) is 3. The third-order valence-electron chi connectivity index (χ3n) is 3.72. The fraction of sp³-hybridized carbons (Fsp3) is 0.105. The molecule has 1 aromatic carbocycles. The summed E-state index contributed by atoms with van der Waals surface area (Å²) in [5, 5.41) is 2.27. The third kappa shape index (κ3) is 4.60. The molecule has 138 valence electrons. The molecule has 0 radical (unpaired) electrons. The fourth-order valence-corrected chi connectivity index (χ4v) is 2.39. The molecule has 0 fully saturated rings. The highest BCUT2D eigenvalue weighted by Gasteiger charge is 2.20. The van der Waals surface area contributed by atoms with Gasteiger partial charge in [-0.25, -0.2) is 18.0 Å². The Morgan fingerprint density at radius 2 is 1.44 bits per heavy atom. The molecule has 5 nitrogen and oxygen atoms in total. The van der Waals surface area contributed by atoms with Gasteiger partial charge in [0.1, 0.15) is 0 Å². The smallest absolute Gasteiger partial charge is 0.313 e. The molecule has 0 aliphatic rings. The summed E-state index contributed by atoms with van der Waals surface area (Å²) in [6.07, 6.45) is 3.17. The number of nitrogens with zero attached hydrogens (tertiary/aromatic N) is 3. The molecule has 0 unspecified atom stereocenters. The number of urea groups is 1. The van der Waals surface area contributed by atoms with Crippen LogP contribution in [0.15, 0.2) is 60.9 Å². The topological polar surface area (TPSA) is 58.1 Å². The van der Waals surface area contributed by atoms with Crippen molar-refractivity contribution in [2.24, 2.45) is 0 Å². The summed E-state index contributed by atoms with van der Waals surface area (Å²) < 4.78 is 40.3. The second kappa shape index (κ2) is 8.31. The molecule has 2 aromatic heterocycles. The summed E-state index contributed by atoms with van der Waals surface area (Å²) in [4.78, 5) is 22.3. The lowest BCUT2D eigenvalue weighted by molar-refractivity contribution is 0.205. The van der Waals surface area contributed by atoms with Gasteiger partial charge in [0.2, 0.25) is 0 Å². The van der Waals surface area contributed by atoms with E-state index in [0.29, 0.717) is 11.4 Å². The molecule has 0 aliphatic heterocycles. The van der Waals surface area contributed by atoms with Gasteiger partial charge < -0.3 is 10.2 Å². The Hall–Kier alpha value is -3.42. The maximum atomic E-state index is 13.9. The van der Waals surface area contributed by atoms with Gasteiger partial charge in [-0.1, -0.05) is 12.1 Å². The molecular weight excluding hydrogens is 357 g/mol. The van der Waals surface area contributed by atoms with Gasteiger partial charge in [-0.15, -0.1) is 0 Å². The number of carbonyl (C=O) groups excluding carboxylic acids is 1. The van der Waals surface area contributed by atoms with Gasteiger partial charge in [-0.3, -0.25) is 9.97 Å². The molecule has 2 heterocycles. The van der Waals surface area contributed by atoms with Crippen molar-refractivity contribution >= 4 is 11.7 Å². The van der Waals surface area contributed by atoms with Crippen LogP contribution in [0.4, 0.5) is 23.7 Å². The fourth-order valence-electron chi connectivity index (χ4n) is 2.39. The Kier molecular flexibility index (Phi) is 5.65. The van der Waals surface area contributed by atoms with Crippen LogP contribution in [0.3, 0.4) is 0 Å². The highest BCUT2D eigenvalue weighted by atomic mass is 19.2. The lowest BCUT2D eigenvalue weighted by Gasteiger charge is -2.22. The molecule has 0 bridgehead atoms. The van der Waals surface area contributed by atoms with Gasteiger partial charge in [-0.05, 0) is 36.4 Å². The SMILES string of the molecule is O=C(Nc1ccc(F)c(F)c1F)N(Cc1ccccn1)Cc1ccccn1. The van der Waals surface area contributed by atoms with E-state index in [9.17, 15) is 18.0 Å². The molecule has 0 saturated heterocycles. The number of halogens is 3. The number of pyridine rings is 2. The van der Waals surface area contributed by atoms with Crippen LogP contribution in [0.25, 0.3) is 0 Å². The van der Waals surface area contributed by atoms with Crippen LogP contribution in [0.5, 0.6) is 0 Å². The van der Waals surface area contributed by atoms with E-state index in [1.54, 1.807) is 48.8 Å². The highest BCUT2D eigenvalue weighted by Crippen LogP contribution is 2.20. The molecule has 1 N–H and O–H groups in total. The molecule has 2 amide bonds. The molecular formula is C19H15F3N4O. The number of hydrogen-bond donors (Lipinski definition) is 1. The lowest BCUT2D eigenvalue weighted by Crippen LogP contribution is -2.35. The first-order valence-electron chi connectivity index (χ1n) is 8.04. The zero-order valence-corrected chi connectivity index (χ0v) is 14.1. The first kappa shape index (κ1) is 18.4. The number of amides is 2. The quantitative estimate of drug-likeness (QED) is 0.685. The number of aromatic nitrogens is 2. The predicted octanol–water partition coefficient (Wildman–Crippen LogP) is 4.13. The molecule has 0 spiro atoms. The summed E-state index contributed by atoms with van der Waals surface area (Å²) >= 11 is 0. The molecule has 0 atom stereocenters. The van der Waals surface area contributed by atoms with Crippen LogP contribution in [0, 0.1) is 17.5 Å². The molecule has 0 aliphatic carbocycles. The van der Waals surface area contributed by atoms with E-state index < -0.39 is 29.2 Å². The molecule has 8 heteroatoms. The minimum Gasteiger partial charge on any atom is -0.313 e. The second-order valence-corrected chi connectivity index (χ2v) is 5.65. The van der Waals surface area contributed by atoms with Crippen molar-refractivity contribution in [3.05, 3.63) is 89.8 Å². The maximum Gasteiger partial charge on any atom is 0.322 e. The van der Waals surface area contributed by atoms with E-state index in [2.05, 4.69) is 15.3 Å². The van der Waals surface area contributed by atoms with Crippen molar-refractivity contribution in [2.75, 3.05) is 5.32 Å². The van der Waals surface area contributed by atoms with Gasteiger partial charge in [0, 0.05) is 12.4 Å². The Morgan fingerprint density at radius 1 is 0.852 bits per heavy atom. The van der Waals surface area contributed by atoms with Crippen LogP contribution in [-0.4, -0.2) is 20.9 Å². The third-order valence-corrected chi connectivity index (χ3v) is 3.72. The maximum absolute atomic E-state index is 13.9. The zero-order valence-electron chi connectivity index (χ0n) is 14.1. The number of anilines is 1. The van der Waals surface area contributed by atoms with Crippen LogP contribution in [0.1, 0.15) is 11.4 Å². The van der Waals surface area contributed by atoms with Crippen molar-refractivity contribution < 1.29 is 18.0 Å². The molecule has 3 rings (SSSR count). The van der Waals surface area contributed by atoms with Crippen LogP contribution >= 0.6 is 0 Å². The monoisotopic (exact) mass is 372 g/mol. The van der Waals surface area contributed by atoms with Gasteiger partial charge in [0.25, 0.3) is 0 Å². The Morgan fingerprint density at radius 3 is 1.96 bits per heavy atom. The predicted molar refractivity (Wildman–Crippen MR) is 93.1 cm³/mol. The lowest BCUT2D eigenvalue weighted by atomic mass is 10.2. The highest BCUT2D eigenvalue weighted by molar-refractivity contribution is 5.89. The summed E-state index contributed by atoms with van der Waals surface area (Å²) in [5.41, 5.74) is 0.759. The Labute approximate surface area is 153 Å². The van der Waals surface area contributed by atoms with Crippen LogP contribution in [0.2, 0.25) is 0 Å². The zero-order chi connectivity index (χ0) is 19.2. The molecule has 3 aromatic rings. The van der Waals surface area contributed by atoms with Gasteiger partial charge in [0.05, 0.1) is 30.2 Å². The largest absolute Gasteiger partial charge is 0.322 e. The number of benzene rings is 1. The average Bonchev–Trinajstić information content (AvgIpc) is 2.69. The first-order chi connectivity index (χ1) is 13.0. The van der Waals surface area contributed by atoms with Crippen molar-refractivity contribution in [1.82, 2.24) is 14.9 Å². The second-order valence-electron chi connectivity index (χ2n) is 5.65. The number of carbonyl (C=O) groups is 1. The van der Waals surface area contributed by atoms with Crippen molar-refractivity contribution in [1.29, 1.82) is 0 Å². The van der Waals surface area contributed by atoms with E-state index in [0.717, 1.165) is 12.1 Å². The van der Waals surface area contributed by atoms with E-state index in [1.807, 2.05) is 0 Å². The normalized spacial score (nSPS) is 10.5. The summed E-state index contributed by atoms with van der Waals surface area (Å²) in [6, 6.07) is 11.5. The van der Waals surface area contributed by atoms with Crippen molar-refractivity contribution in [2.45, 2.75) is 13.1 Å². The standard InChI is InChI=1S/C19H15F3N4O/c20-15-7-8-16(18(22)17(15)21)25-19(27)26(11-13-5-1-3-9-23-13)12-14-6-2-4-10-24-14/h1-10H,11-12H2,(H,25,27). The minimum atomic E-state index is -1.64. The number of rotatable bonds is 5. The van der Waals surface area contributed by atoms with Crippen LogP contribution < -0.4 is 5.32 Å². The first-order valence-corrected chi connectivity index (χ1v) is 8.04. The summed E-state index contributed by atoms with van der Waals surface area (Å²) in [5.74, 6) is -4.43. The van der Waals surface area contributed by atoms with E-state index in [-0.39, 0.29) is 13.1 Å². The van der Waals surface area contributed by atoms with Gasteiger partial charge >= 0.3 is 6.03 Å². The van der Waals surface area contributed by atoms with Crippen molar-refractivity contribution in [3.8, 4) is 0 Å². The Balaban J connectivity index is 1.83. The van der Waals surface area contributed by atoms with E-state index in [4.69, 9.17) is 0 Å². The van der Waals surface area contributed by atoms with Crippen LogP contribution in [-0.2, 0) is 13.1 Å². The van der Waals surface area contributed by atoms with Crippen molar-refractivity contribution in [3.63, 3.8) is 0 Å². The Bertz CT molecular complexity index is 881. The van der Waals surface area contributed by atoms with Gasteiger partial charge in [0.15, 0.2) is 17.5 Å². The van der Waals surface area contributed by atoms with E-state index in [1.165, 1.54) is 4.90 Å². The van der Waals surface area contributed by atoms with Gasteiger partial charge in [-0.2, -0.15) is 0 Å². The molecule has 27 heavy (non-hydrogen) atoms. The minimum absolute atomic E-state index is 0.120. The molecule has 0 saturated carbocycles. The average molecular weight is 372 g/mol. The van der Waals surface area contributed by atoms with E-state index >= 15 is 0 Å².